The second-order valence-corrected chi connectivity index (χ2v) is 7.36. The molecule has 1 fully saturated rings. The molecule has 0 bridgehead atoms. The van der Waals surface area contributed by atoms with E-state index >= 15 is 0 Å². The number of nitrogen functional groups attached to an aromatic ring is 1. The van der Waals surface area contributed by atoms with Gasteiger partial charge in [-0.1, -0.05) is 12.1 Å². The highest BCUT2D eigenvalue weighted by molar-refractivity contribution is 5.99. The molecule has 1 aliphatic rings. The molecule has 31 heavy (non-hydrogen) atoms. The molecule has 3 N–H and O–H groups in total. The Morgan fingerprint density at radius 2 is 1.90 bits per heavy atom. The number of rotatable bonds is 5. The molecule has 1 saturated heterocycles. The molecule has 0 spiro atoms. The van der Waals surface area contributed by atoms with Gasteiger partial charge in [0.25, 0.3) is 0 Å². The fourth-order valence-electron chi connectivity index (χ4n) is 3.73. The van der Waals surface area contributed by atoms with Crippen LogP contribution in [0.1, 0.15) is 12.8 Å². The second kappa shape index (κ2) is 7.92. The van der Waals surface area contributed by atoms with Crippen molar-refractivity contribution in [1.29, 1.82) is 0 Å². The maximum atomic E-state index is 14.7. The highest BCUT2D eigenvalue weighted by Crippen LogP contribution is 2.34. The van der Waals surface area contributed by atoms with Crippen molar-refractivity contribution in [3.63, 3.8) is 0 Å². The third-order valence-corrected chi connectivity index (χ3v) is 5.28. The van der Waals surface area contributed by atoms with Gasteiger partial charge in [-0.05, 0) is 49.2 Å². The molecular formula is C22H20F2N6O. The largest absolute Gasteiger partial charge is 0.383 e. The summed E-state index contributed by atoms with van der Waals surface area (Å²) in [4.78, 5) is 9.05. The molecule has 1 atom stereocenters. The maximum absolute atomic E-state index is 14.7. The van der Waals surface area contributed by atoms with Crippen molar-refractivity contribution in [2.75, 3.05) is 24.2 Å². The van der Waals surface area contributed by atoms with Gasteiger partial charge in [0.1, 0.15) is 17.5 Å². The Morgan fingerprint density at radius 3 is 2.65 bits per heavy atom. The average Bonchev–Trinajstić information content (AvgIpc) is 3.41. The van der Waals surface area contributed by atoms with E-state index in [1.165, 1.54) is 22.9 Å². The zero-order chi connectivity index (χ0) is 21.4. The molecule has 5 rings (SSSR count). The van der Waals surface area contributed by atoms with Crippen LogP contribution in [-0.4, -0.2) is 39.0 Å². The van der Waals surface area contributed by atoms with Crippen LogP contribution in [0.15, 0.2) is 48.5 Å². The van der Waals surface area contributed by atoms with Gasteiger partial charge in [-0.2, -0.15) is 4.98 Å². The smallest absolute Gasteiger partial charge is 0.225 e. The van der Waals surface area contributed by atoms with Gasteiger partial charge in [0.15, 0.2) is 5.65 Å². The Labute approximate surface area is 176 Å². The summed E-state index contributed by atoms with van der Waals surface area (Å²) in [6.45, 7) is 1.28. The zero-order valence-corrected chi connectivity index (χ0v) is 16.6. The fraction of sp³-hybridized carbons (Fsp3) is 0.227. The molecule has 2 aromatic heterocycles. The van der Waals surface area contributed by atoms with Crippen molar-refractivity contribution in [1.82, 2.24) is 19.7 Å². The summed E-state index contributed by atoms with van der Waals surface area (Å²) in [5, 5.41) is 8.10. The van der Waals surface area contributed by atoms with Gasteiger partial charge in [-0.3, -0.25) is 0 Å². The number of nitrogens with two attached hydrogens (primary N) is 1. The minimum atomic E-state index is -0.429. The van der Waals surface area contributed by atoms with Crippen molar-refractivity contribution in [3.8, 4) is 16.9 Å². The van der Waals surface area contributed by atoms with Crippen molar-refractivity contribution >= 4 is 22.8 Å². The monoisotopic (exact) mass is 422 g/mol. The lowest BCUT2D eigenvalue weighted by atomic mass is 10.1. The molecule has 9 heteroatoms. The molecule has 158 valence electrons. The first kappa shape index (κ1) is 19.4. The van der Waals surface area contributed by atoms with Gasteiger partial charge >= 0.3 is 0 Å². The molecular weight excluding hydrogens is 402 g/mol. The lowest BCUT2D eigenvalue weighted by Crippen LogP contribution is -2.19. The summed E-state index contributed by atoms with van der Waals surface area (Å²) in [7, 11) is 0. The standard InChI is InChI=1S/C22H20F2N6O/c23-13-7-9-14(10-8-13)30-20(25)18-19(16-5-1-2-6-17(16)24)27-22(28-21(18)29-30)26-12-15-4-3-11-31-15/h1-2,5-10,15H,3-4,11-12,25H2,(H,26,28,29)/t15-/m0/s1. The minimum Gasteiger partial charge on any atom is -0.383 e. The second-order valence-electron chi connectivity index (χ2n) is 7.36. The van der Waals surface area contributed by atoms with E-state index in [-0.39, 0.29) is 17.7 Å². The normalized spacial score (nSPS) is 16.1. The SMILES string of the molecule is Nc1c2c(-c3ccccc3F)nc(NC[C@@H]3CCCO3)nc2nn1-c1ccc(F)cc1. The predicted octanol–water partition coefficient (Wildman–Crippen LogP) is 3.93. The van der Waals surface area contributed by atoms with Gasteiger partial charge in [0.2, 0.25) is 5.95 Å². The predicted molar refractivity (Wildman–Crippen MR) is 114 cm³/mol. The summed E-state index contributed by atoms with van der Waals surface area (Å²) < 4.78 is 35.1. The summed E-state index contributed by atoms with van der Waals surface area (Å²) >= 11 is 0. The van der Waals surface area contributed by atoms with Crippen molar-refractivity contribution in [2.24, 2.45) is 0 Å². The third kappa shape index (κ3) is 3.68. The van der Waals surface area contributed by atoms with Gasteiger partial charge in [-0.25, -0.2) is 18.4 Å². The molecule has 0 saturated carbocycles. The lowest BCUT2D eigenvalue weighted by Gasteiger charge is -2.12. The van der Waals surface area contributed by atoms with Crippen molar-refractivity contribution < 1.29 is 13.5 Å². The van der Waals surface area contributed by atoms with Gasteiger partial charge in [0, 0.05) is 18.7 Å². The van der Waals surface area contributed by atoms with Crippen LogP contribution in [0.4, 0.5) is 20.5 Å². The van der Waals surface area contributed by atoms with Crippen LogP contribution < -0.4 is 11.1 Å². The number of benzene rings is 2. The van der Waals surface area contributed by atoms with Crippen LogP contribution in [0.25, 0.3) is 28.0 Å². The molecule has 0 amide bonds. The summed E-state index contributed by atoms with van der Waals surface area (Å²) in [5.41, 5.74) is 7.88. The third-order valence-electron chi connectivity index (χ3n) is 5.28. The van der Waals surface area contributed by atoms with Crippen LogP contribution >= 0.6 is 0 Å². The summed E-state index contributed by atoms with van der Waals surface area (Å²) in [5.74, 6) is -0.247. The Hall–Kier alpha value is -3.59. The first-order chi connectivity index (χ1) is 15.1. The van der Waals surface area contributed by atoms with E-state index in [1.54, 1.807) is 30.3 Å². The number of nitrogens with one attached hydrogen (secondary N) is 1. The summed E-state index contributed by atoms with van der Waals surface area (Å²) in [6.07, 6.45) is 2.06. The maximum Gasteiger partial charge on any atom is 0.225 e. The van der Waals surface area contributed by atoms with Gasteiger partial charge < -0.3 is 15.8 Å². The molecule has 1 aliphatic heterocycles. The van der Waals surface area contributed by atoms with E-state index in [0.717, 1.165) is 19.4 Å². The van der Waals surface area contributed by atoms with Crippen LogP contribution in [-0.2, 0) is 4.74 Å². The van der Waals surface area contributed by atoms with Crippen LogP contribution in [0.3, 0.4) is 0 Å². The zero-order valence-electron chi connectivity index (χ0n) is 16.6. The molecule has 0 radical (unpaired) electrons. The highest BCUT2D eigenvalue weighted by Gasteiger charge is 2.22. The van der Waals surface area contributed by atoms with Crippen molar-refractivity contribution in [3.05, 3.63) is 60.2 Å². The lowest BCUT2D eigenvalue weighted by molar-refractivity contribution is 0.120. The van der Waals surface area contributed by atoms with E-state index < -0.39 is 5.82 Å². The first-order valence-corrected chi connectivity index (χ1v) is 10.0. The molecule has 3 heterocycles. The number of hydrogen-bond donors (Lipinski definition) is 2. The minimum absolute atomic E-state index is 0.0815. The number of hydrogen-bond acceptors (Lipinski definition) is 6. The molecule has 2 aromatic carbocycles. The Kier molecular flexibility index (Phi) is 4.95. The van der Waals surface area contributed by atoms with Gasteiger partial charge in [0.05, 0.1) is 22.9 Å². The van der Waals surface area contributed by atoms with Crippen LogP contribution in [0.5, 0.6) is 0 Å². The molecule has 0 aliphatic carbocycles. The van der Waals surface area contributed by atoms with Crippen LogP contribution in [0.2, 0.25) is 0 Å². The average molecular weight is 422 g/mol. The van der Waals surface area contributed by atoms with E-state index in [4.69, 9.17) is 10.5 Å². The van der Waals surface area contributed by atoms with Gasteiger partial charge in [-0.15, -0.1) is 5.10 Å². The summed E-state index contributed by atoms with van der Waals surface area (Å²) in [6, 6.07) is 12.1. The van der Waals surface area contributed by atoms with E-state index in [1.807, 2.05) is 0 Å². The fourth-order valence-corrected chi connectivity index (χ4v) is 3.73. The topological polar surface area (TPSA) is 90.9 Å². The van der Waals surface area contributed by atoms with Crippen molar-refractivity contribution in [2.45, 2.75) is 18.9 Å². The number of ether oxygens (including phenoxy) is 1. The Morgan fingerprint density at radius 1 is 1.10 bits per heavy atom. The molecule has 4 aromatic rings. The number of aromatic nitrogens is 4. The molecule has 7 nitrogen and oxygen atoms in total. The Bertz CT molecular complexity index is 1230. The van der Waals surface area contributed by atoms with Crippen LogP contribution in [0, 0.1) is 11.6 Å². The number of halogens is 2. The number of nitrogens with zero attached hydrogens (tertiary/aromatic N) is 4. The number of fused-ring (bicyclic) bond motifs is 1. The van der Waals surface area contributed by atoms with E-state index in [0.29, 0.717) is 40.5 Å². The van der Waals surface area contributed by atoms with E-state index in [2.05, 4.69) is 20.4 Å². The van der Waals surface area contributed by atoms with E-state index in [9.17, 15) is 8.78 Å². The number of anilines is 2. The quantitative estimate of drug-likeness (QED) is 0.506. The molecule has 0 unspecified atom stereocenters. The highest BCUT2D eigenvalue weighted by atomic mass is 19.1. The Balaban J connectivity index is 1.65. The first-order valence-electron chi connectivity index (χ1n) is 10.0.